The Bertz CT molecular complexity index is 1300. The van der Waals surface area contributed by atoms with Crippen LogP contribution in [0.1, 0.15) is 42.3 Å². The highest BCUT2D eigenvalue weighted by Crippen LogP contribution is 2.34. The van der Waals surface area contributed by atoms with Crippen LogP contribution in [0.25, 0.3) is 5.65 Å². The summed E-state index contributed by atoms with van der Waals surface area (Å²) in [5, 5.41) is 7.34. The maximum Gasteiger partial charge on any atom is 0.416 e. The molecule has 1 aliphatic rings. The lowest BCUT2D eigenvalue weighted by atomic mass is 10.2. The number of ether oxygens (including phenoxy) is 3. The van der Waals surface area contributed by atoms with E-state index in [1.54, 1.807) is 40.0 Å². The standard InChI is InChI=1S/C24H29ClN6O5/c1-24(2,3)36-23(33)30-7-5-17-19(25)29-20-18(12-28-31(20)22(17)30)21(32)27-6-8-35-13-14-9-15(26)11-16(10-14)34-4/h9-12H,5-8,13,26H2,1-4H3,(H,27,32). The molecule has 192 valence electrons. The molecule has 0 bridgehead atoms. The highest BCUT2D eigenvalue weighted by molar-refractivity contribution is 6.31. The Morgan fingerprint density at radius 3 is 2.75 bits per heavy atom. The number of amides is 2. The third-order valence-electron chi connectivity index (χ3n) is 5.39. The second-order valence-corrected chi connectivity index (χ2v) is 9.66. The van der Waals surface area contributed by atoms with Crippen LogP contribution in [0.2, 0.25) is 5.15 Å². The Balaban J connectivity index is 1.42. The van der Waals surface area contributed by atoms with E-state index in [1.807, 2.05) is 6.07 Å². The Kier molecular flexibility index (Phi) is 7.23. The monoisotopic (exact) mass is 516 g/mol. The van der Waals surface area contributed by atoms with E-state index in [1.165, 1.54) is 15.6 Å². The summed E-state index contributed by atoms with van der Waals surface area (Å²) in [6.07, 6.45) is 1.40. The number of hydrogen-bond acceptors (Lipinski definition) is 8. The topological polar surface area (TPSA) is 133 Å². The van der Waals surface area contributed by atoms with E-state index in [4.69, 9.17) is 31.5 Å². The Morgan fingerprint density at radius 2 is 2.03 bits per heavy atom. The normalized spacial score (nSPS) is 13.1. The summed E-state index contributed by atoms with van der Waals surface area (Å²) in [6, 6.07) is 5.36. The first-order valence-corrected chi connectivity index (χ1v) is 11.8. The molecular weight excluding hydrogens is 488 g/mol. The molecule has 1 aromatic carbocycles. The van der Waals surface area contributed by atoms with Crippen molar-refractivity contribution in [2.24, 2.45) is 0 Å². The van der Waals surface area contributed by atoms with E-state index in [0.29, 0.717) is 42.4 Å². The minimum atomic E-state index is -0.661. The zero-order valence-electron chi connectivity index (χ0n) is 20.6. The van der Waals surface area contributed by atoms with Crippen molar-refractivity contribution in [1.82, 2.24) is 19.9 Å². The molecule has 1 aliphatic heterocycles. The zero-order chi connectivity index (χ0) is 26.0. The zero-order valence-corrected chi connectivity index (χ0v) is 21.4. The van der Waals surface area contributed by atoms with E-state index < -0.39 is 11.7 Å². The number of rotatable bonds is 7. The largest absolute Gasteiger partial charge is 0.497 e. The van der Waals surface area contributed by atoms with Crippen LogP contribution in [0.3, 0.4) is 0 Å². The van der Waals surface area contributed by atoms with Gasteiger partial charge in [0, 0.05) is 30.4 Å². The summed E-state index contributed by atoms with van der Waals surface area (Å²) >= 11 is 6.42. The minimum Gasteiger partial charge on any atom is -0.497 e. The molecule has 12 heteroatoms. The second-order valence-electron chi connectivity index (χ2n) is 9.30. The Labute approximate surface area is 213 Å². The van der Waals surface area contributed by atoms with Gasteiger partial charge in [-0.2, -0.15) is 9.61 Å². The van der Waals surface area contributed by atoms with Gasteiger partial charge in [-0.3, -0.25) is 9.69 Å². The van der Waals surface area contributed by atoms with Gasteiger partial charge in [-0.15, -0.1) is 0 Å². The molecule has 3 heterocycles. The molecule has 2 aromatic heterocycles. The average Bonchev–Trinajstić information content (AvgIpc) is 3.42. The Hall–Kier alpha value is -3.57. The van der Waals surface area contributed by atoms with Crippen molar-refractivity contribution in [3.8, 4) is 5.75 Å². The molecule has 0 unspecified atom stereocenters. The summed E-state index contributed by atoms with van der Waals surface area (Å²) in [5.74, 6) is 0.724. The maximum absolute atomic E-state index is 12.9. The number of benzene rings is 1. The molecule has 11 nitrogen and oxygen atoms in total. The number of anilines is 2. The quantitative estimate of drug-likeness (QED) is 0.278. The SMILES string of the molecule is COc1cc(N)cc(COCCNC(=O)c2cnn3c4c(c(Cl)nc23)CCN4C(=O)OC(C)(C)C)c1. The van der Waals surface area contributed by atoms with Crippen LogP contribution < -0.4 is 20.7 Å². The van der Waals surface area contributed by atoms with Gasteiger partial charge in [-0.25, -0.2) is 9.78 Å². The van der Waals surface area contributed by atoms with Crippen molar-refractivity contribution in [1.29, 1.82) is 0 Å². The van der Waals surface area contributed by atoms with E-state index in [-0.39, 0.29) is 35.4 Å². The first kappa shape index (κ1) is 25.5. The summed E-state index contributed by atoms with van der Waals surface area (Å²) in [7, 11) is 1.57. The number of nitrogen functional groups attached to an aromatic ring is 1. The molecule has 0 radical (unpaired) electrons. The number of hydrogen-bond donors (Lipinski definition) is 2. The molecule has 36 heavy (non-hydrogen) atoms. The first-order chi connectivity index (χ1) is 17.1. The van der Waals surface area contributed by atoms with Gasteiger partial charge < -0.3 is 25.3 Å². The number of fused-ring (bicyclic) bond motifs is 3. The number of carbonyl (C=O) groups is 2. The molecule has 0 spiro atoms. The van der Waals surface area contributed by atoms with E-state index in [2.05, 4.69) is 15.4 Å². The lowest BCUT2D eigenvalue weighted by Crippen LogP contribution is -2.36. The molecule has 3 N–H and O–H groups in total. The number of nitrogens with two attached hydrogens (primary N) is 1. The number of nitrogens with one attached hydrogen (secondary N) is 1. The van der Waals surface area contributed by atoms with Gasteiger partial charge in [0.2, 0.25) is 0 Å². The lowest BCUT2D eigenvalue weighted by Gasteiger charge is -2.24. The molecule has 0 aliphatic carbocycles. The van der Waals surface area contributed by atoms with Crippen LogP contribution in [0.5, 0.6) is 5.75 Å². The van der Waals surface area contributed by atoms with Crippen LogP contribution in [-0.2, 0) is 22.5 Å². The molecule has 0 saturated heterocycles. The number of aromatic nitrogens is 3. The van der Waals surface area contributed by atoms with Crippen molar-refractivity contribution >= 4 is 40.8 Å². The molecule has 4 rings (SSSR count). The highest BCUT2D eigenvalue weighted by Gasteiger charge is 2.34. The van der Waals surface area contributed by atoms with Crippen LogP contribution in [0.15, 0.2) is 24.4 Å². The smallest absolute Gasteiger partial charge is 0.416 e. The van der Waals surface area contributed by atoms with E-state index >= 15 is 0 Å². The summed E-state index contributed by atoms with van der Waals surface area (Å²) in [4.78, 5) is 31.5. The maximum atomic E-state index is 12.9. The van der Waals surface area contributed by atoms with Crippen LogP contribution in [0, 0.1) is 0 Å². The van der Waals surface area contributed by atoms with Crippen LogP contribution >= 0.6 is 11.6 Å². The molecule has 3 aromatic rings. The molecule has 0 atom stereocenters. The fourth-order valence-electron chi connectivity index (χ4n) is 3.87. The number of nitrogens with zero attached hydrogens (tertiary/aromatic N) is 4. The van der Waals surface area contributed by atoms with Crippen LogP contribution in [0.4, 0.5) is 16.3 Å². The third kappa shape index (κ3) is 5.47. The number of methoxy groups -OCH3 is 1. The predicted octanol–water partition coefficient (Wildman–Crippen LogP) is 3.22. The van der Waals surface area contributed by atoms with Crippen molar-refractivity contribution in [3.63, 3.8) is 0 Å². The van der Waals surface area contributed by atoms with Gasteiger partial charge in [-0.05, 0) is 44.9 Å². The number of carbonyl (C=O) groups excluding carboxylic acids is 2. The van der Waals surface area contributed by atoms with Gasteiger partial charge in [-0.1, -0.05) is 11.6 Å². The molecule has 0 fully saturated rings. The highest BCUT2D eigenvalue weighted by atomic mass is 35.5. The molecule has 0 saturated carbocycles. The van der Waals surface area contributed by atoms with Crippen molar-refractivity contribution in [2.75, 3.05) is 37.4 Å². The first-order valence-electron chi connectivity index (χ1n) is 11.4. The third-order valence-corrected chi connectivity index (χ3v) is 5.70. The summed E-state index contributed by atoms with van der Waals surface area (Å²) < 4.78 is 17.8. The molecular formula is C24H29ClN6O5. The van der Waals surface area contributed by atoms with Gasteiger partial charge in [0.05, 0.1) is 26.5 Å². The summed E-state index contributed by atoms with van der Waals surface area (Å²) in [5.41, 5.74) is 7.80. The Morgan fingerprint density at radius 1 is 1.25 bits per heavy atom. The predicted molar refractivity (Wildman–Crippen MR) is 135 cm³/mol. The van der Waals surface area contributed by atoms with Gasteiger partial charge >= 0.3 is 6.09 Å². The average molecular weight is 517 g/mol. The van der Waals surface area contributed by atoms with E-state index in [9.17, 15) is 9.59 Å². The van der Waals surface area contributed by atoms with Gasteiger partial charge in [0.1, 0.15) is 27.9 Å². The second kappa shape index (κ2) is 10.2. The van der Waals surface area contributed by atoms with Gasteiger partial charge in [0.15, 0.2) is 5.65 Å². The van der Waals surface area contributed by atoms with Crippen molar-refractivity contribution in [3.05, 3.63) is 46.2 Å². The van der Waals surface area contributed by atoms with Crippen molar-refractivity contribution in [2.45, 2.75) is 39.4 Å². The fraction of sp³-hybridized carbons (Fsp3) is 0.417. The fourth-order valence-corrected chi connectivity index (χ4v) is 4.13. The van der Waals surface area contributed by atoms with Crippen molar-refractivity contribution < 1.29 is 23.8 Å². The molecule has 2 amide bonds. The van der Waals surface area contributed by atoms with Gasteiger partial charge in [0.25, 0.3) is 5.91 Å². The van der Waals surface area contributed by atoms with Crippen LogP contribution in [-0.4, -0.2) is 59.0 Å². The van der Waals surface area contributed by atoms with E-state index in [0.717, 1.165) is 5.56 Å². The number of halogens is 1. The minimum absolute atomic E-state index is 0.221. The lowest BCUT2D eigenvalue weighted by molar-refractivity contribution is 0.0582. The summed E-state index contributed by atoms with van der Waals surface area (Å²) in [6.45, 7) is 6.62.